The number of morpholine rings is 1. The minimum atomic E-state index is 0.123. The number of imidazole rings is 2. The molecular formula is C25H30N8O2. The Kier molecular flexibility index (Phi) is 5.42. The summed E-state index contributed by atoms with van der Waals surface area (Å²) >= 11 is 0. The van der Waals surface area contributed by atoms with Gasteiger partial charge in [0.05, 0.1) is 36.6 Å². The molecule has 5 heterocycles. The van der Waals surface area contributed by atoms with Gasteiger partial charge in [-0.2, -0.15) is 9.97 Å². The second kappa shape index (κ2) is 8.62. The molecular weight excluding hydrogens is 444 g/mol. The average molecular weight is 475 g/mol. The van der Waals surface area contributed by atoms with Crippen LogP contribution in [0.1, 0.15) is 18.1 Å². The lowest BCUT2D eigenvalue weighted by atomic mass is 10.1. The van der Waals surface area contributed by atoms with Gasteiger partial charge in [0.15, 0.2) is 17.0 Å². The van der Waals surface area contributed by atoms with Gasteiger partial charge in [0.1, 0.15) is 11.6 Å². The lowest BCUT2D eigenvalue weighted by Gasteiger charge is -2.28. The fourth-order valence-corrected chi connectivity index (χ4v) is 5.16. The quantitative estimate of drug-likeness (QED) is 0.441. The van der Waals surface area contributed by atoms with Crippen LogP contribution in [0.2, 0.25) is 0 Å². The van der Waals surface area contributed by atoms with Crippen molar-refractivity contribution in [1.29, 1.82) is 0 Å². The van der Waals surface area contributed by atoms with E-state index in [1.54, 1.807) is 0 Å². The molecule has 35 heavy (non-hydrogen) atoms. The normalized spacial score (nSPS) is 19.3. The number of aryl methyl sites for hydroxylation is 2. The van der Waals surface area contributed by atoms with Gasteiger partial charge >= 0.3 is 0 Å². The molecule has 0 bridgehead atoms. The summed E-state index contributed by atoms with van der Waals surface area (Å²) < 4.78 is 9.69. The first-order chi connectivity index (χ1) is 17.0. The van der Waals surface area contributed by atoms with Gasteiger partial charge < -0.3 is 19.3 Å². The van der Waals surface area contributed by atoms with Crippen molar-refractivity contribution in [3.8, 4) is 5.95 Å². The Hall–Kier alpha value is -3.50. The van der Waals surface area contributed by atoms with Crippen LogP contribution in [0.5, 0.6) is 0 Å². The number of rotatable bonds is 5. The number of anilines is 1. The third-order valence-corrected chi connectivity index (χ3v) is 7.13. The molecule has 2 aliphatic heterocycles. The van der Waals surface area contributed by atoms with Gasteiger partial charge in [-0.3, -0.25) is 9.47 Å². The molecule has 0 unspecified atom stereocenters. The van der Waals surface area contributed by atoms with E-state index in [9.17, 15) is 5.11 Å². The monoisotopic (exact) mass is 474 g/mol. The van der Waals surface area contributed by atoms with Crippen molar-refractivity contribution in [3.05, 3.63) is 48.3 Å². The summed E-state index contributed by atoms with van der Waals surface area (Å²) in [7, 11) is 2.02. The average Bonchev–Trinajstić information content (AvgIpc) is 3.55. The van der Waals surface area contributed by atoms with Crippen LogP contribution in [-0.2, 0) is 18.3 Å². The summed E-state index contributed by atoms with van der Waals surface area (Å²) in [4.78, 5) is 24.4. The molecule has 2 saturated heterocycles. The maximum absolute atomic E-state index is 9.82. The highest BCUT2D eigenvalue weighted by atomic mass is 16.5. The second-order valence-electron chi connectivity index (χ2n) is 9.40. The lowest BCUT2D eigenvalue weighted by Crippen LogP contribution is -2.37. The zero-order valence-electron chi connectivity index (χ0n) is 20.2. The molecule has 0 saturated carbocycles. The zero-order chi connectivity index (χ0) is 24.1. The van der Waals surface area contributed by atoms with Crippen molar-refractivity contribution >= 4 is 28.0 Å². The predicted octanol–water partition coefficient (Wildman–Crippen LogP) is 2.74. The van der Waals surface area contributed by atoms with Gasteiger partial charge in [-0.15, -0.1) is 0 Å². The molecule has 3 aromatic heterocycles. The van der Waals surface area contributed by atoms with Crippen molar-refractivity contribution in [1.82, 2.24) is 34.0 Å². The Morgan fingerprint density at radius 3 is 2.69 bits per heavy atom. The highest BCUT2D eigenvalue weighted by molar-refractivity contribution is 5.86. The summed E-state index contributed by atoms with van der Waals surface area (Å²) in [5, 5.41) is 9.82. The largest absolute Gasteiger partial charge is 0.513 e. The lowest BCUT2D eigenvalue weighted by molar-refractivity contribution is 0.122. The minimum Gasteiger partial charge on any atom is -0.513 e. The highest BCUT2D eigenvalue weighted by Gasteiger charge is 2.28. The van der Waals surface area contributed by atoms with Crippen LogP contribution in [0, 0.1) is 12.8 Å². The molecule has 6 rings (SSSR count). The van der Waals surface area contributed by atoms with E-state index in [-0.39, 0.29) is 11.7 Å². The zero-order valence-corrected chi connectivity index (χ0v) is 20.2. The van der Waals surface area contributed by atoms with E-state index in [0.29, 0.717) is 25.7 Å². The number of nitrogens with zero attached hydrogens (tertiary/aromatic N) is 8. The van der Waals surface area contributed by atoms with Crippen LogP contribution in [0.25, 0.3) is 28.1 Å². The SMILES string of the molecule is C=C(O)[C@H]1CCN(Cc2nc3c(N4CCOCC4)nc(-n4c(C)nc5ccccc54)nc3n2C)C1. The fraction of sp³-hybridized carbons (Fsp3) is 0.440. The Morgan fingerprint density at radius 1 is 1.11 bits per heavy atom. The number of aliphatic hydroxyl groups excluding tert-OH is 1. The molecule has 1 aromatic carbocycles. The molecule has 4 aromatic rings. The van der Waals surface area contributed by atoms with Gasteiger partial charge in [0.2, 0.25) is 5.95 Å². The first-order valence-electron chi connectivity index (χ1n) is 12.1. The van der Waals surface area contributed by atoms with Crippen LogP contribution in [-0.4, -0.2) is 78.5 Å². The molecule has 0 amide bonds. The molecule has 1 N–H and O–H groups in total. The summed E-state index contributed by atoms with van der Waals surface area (Å²) in [6.07, 6.45) is 0.912. The van der Waals surface area contributed by atoms with Crippen molar-refractivity contribution in [2.45, 2.75) is 19.9 Å². The fourth-order valence-electron chi connectivity index (χ4n) is 5.16. The maximum atomic E-state index is 9.82. The minimum absolute atomic E-state index is 0.123. The van der Waals surface area contributed by atoms with Gasteiger partial charge in [-0.1, -0.05) is 18.7 Å². The van der Waals surface area contributed by atoms with Crippen LogP contribution in [0.3, 0.4) is 0 Å². The molecule has 0 aliphatic carbocycles. The van der Waals surface area contributed by atoms with Crippen molar-refractivity contribution < 1.29 is 9.84 Å². The van der Waals surface area contributed by atoms with Crippen molar-refractivity contribution in [2.75, 3.05) is 44.3 Å². The van der Waals surface area contributed by atoms with Crippen LogP contribution < -0.4 is 4.90 Å². The molecule has 0 spiro atoms. The van der Waals surface area contributed by atoms with E-state index in [1.807, 2.05) is 42.8 Å². The van der Waals surface area contributed by atoms with Crippen LogP contribution in [0.15, 0.2) is 36.6 Å². The van der Waals surface area contributed by atoms with Gasteiger partial charge in [-0.05, 0) is 32.0 Å². The number of benzene rings is 1. The van der Waals surface area contributed by atoms with E-state index in [0.717, 1.165) is 72.3 Å². The van der Waals surface area contributed by atoms with Gasteiger partial charge in [-0.25, -0.2) is 9.97 Å². The van der Waals surface area contributed by atoms with E-state index in [2.05, 4.69) is 20.9 Å². The molecule has 2 aliphatic rings. The van der Waals surface area contributed by atoms with E-state index < -0.39 is 0 Å². The molecule has 1 atom stereocenters. The van der Waals surface area contributed by atoms with E-state index >= 15 is 0 Å². The number of fused-ring (bicyclic) bond motifs is 2. The topological polar surface area (TPSA) is 97.4 Å². The highest BCUT2D eigenvalue weighted by Crippen LogP contribution is 2.29. The first-order valence-corrected chi connectivity index (χ1v) is 12.1. The molecule has 182 valence electrons. The van der Waals surface area contributed by atoms with Crippen molar-refractivity contribution in [3.63, 3.8) is 0 Å². The number of aromatic nitrogens is 6. The molecule has 0 radical (unpaired) electrons. The number of para-hydroxylation sites is 2. The Morgan fingerprint density at radius 2 is 1.91 bits per heavy atom. The third-order valence-electron chi connectivity index (χ3n) is 7.13. The number of hydrogen-bond acceptors (Lipinski definition) is 8. The smallest absolute Gasteiger partial charge is 0.239 e. The van der Waals surface area contributed by atoms with E-state index in [4.69, 9.17) is 24.7 Å². The first kappa shape index (κ1) is 22.0. The number of likely N-dealkylation sites (tertiary alicyclic amines) is 1. The van der Waals surface area contributed by atoms with Gasteiger partial charge in [0.25, 0.3) is 0 Å². The third kappa shape index (κ3) is 3.82. The van der Waals surface area contributed by atoms with Crippen molar-refractivity contribution in [2.24, 2.45) is 13.0 Å². The molecule has 2 fully saturated rings. The van der Waals surface area contributed by atoms with Gasteiger partial charge in [0, 0.05) is 32.6 Å². The molecule has 10 nitrogen and oxygen atoms in total. The standard InChI is InChI=1S/C25H30N8O2/c1-16(34)18-8-9-31(14-18)15-21-27-22-23(30(21)3)28-25(29-24(22)32-10-12-35-13-11-32)33-17(2)26-19-6-4-5-7-20(19)33/h4-7,18,34H,1,8-15H2,2-3H3/t18-/m0/s1. The summed E-state index contributed by atoms with van der Waals surface area (Å²) in [5.41, 5.74) is 3.50. The summed E-state index contributed by atoms with van der Waals surface area (Å²) in [5.74, 6) is 3.58. The Bertz CT molecular complexity index is 1420. The number of aliphatic hydroxyl groups is 1. The molecule has 10 heteroatoms. The Labute approximate surface area is 203 Å². The number of hydrogen-bond donors (Lipinski definition) is 1. The number of ether oxygens (including phenoxy) is 1. The summed E-state index contributed by atoms with van der Waals surface area (Å²) in [6.45, 7) is 10.9. The summed E-state index contributed by atoms with van der Waals surface area (Å²) in [6, 6.07) is 8.05. The maximum Gasteiger partial charge on any atom is 0.239 e. The second-order valence-corrected chi connectivity index (χ2v) is 9.40. The predicted molar refractivity (Wildman–Crippen MR) is 134 cm³/mol. The Balaban J connectivity index is 1.47. The van der Waals surface area contributed by atoms with E-state index in [1.165, 1.54) is 0 Å². The van der Waals surface area contributed by atoms with Crippen LogP contribution >= 0.6 is 0 Å². The van der Waals surface area contributed by atoms with Crippen LogP contribution in [0.4, 0.5) is 5.82 Å².